The van der Waals surface area contributed by atoms with E-state index in [1.54, 1.807) is 13.0 Å². The number of rotatable bonds is 4. The van der Waals surface area contributed by atoms with Crippen LogP contribution in [-0.4, -0.2) is 35.5 Å². The summed E-state index contributed by atoms with van der Waals surface area (Å²) in [7, 11) is 0. The van der Waals surface area contributed by atoms with Gasteiger partial charge in [0.1, 0.15) is 11.4 Å². The summed E-state index contributed by atoms with van der Waals surface area (Å²) in [5, 5.41) is 3.16. The number of carbonyl (C=O) groups is 2. The first-order valence-electron chi connectivity index (χ1n) is 8.38. The van der Waals surface area contributed by atoms with Crippen molar-refractivity contribution in [1.29, 1.82) is 0 Å². The topological polar surface area (TPSA) is 58.6 Å². The van der Waals surface area contributed by atoms with Gasteiger partial charge in [-0.1, -0.05) is 0 Å². The van der Waals surface area contributed by atoms with Crippen molar-refractivity contribution >= 4 is 11.9 Å². The van der Waals surface area contributed by atoms with E-state index in [9.17, 15) is 9.59 Å². The van der Waals surface area contributed by atoms with Crippen molar-refractivity contribution in [3.63, 3.8) is 0 Å². The standard InChI is InChI=1S/C18H24N2O3/c1-13-11-15(23-17(13)22)7-3-5-9-20-10-6-4-8-18(20)12-14(2)16(21)19-18/h7,11-12H,3-6,8-10H2,1-2H3,(H,19,21)/b15-7+. The van der Waals surface area contributed by atoms with Crippen LogP contribution in [0.25, 0.3) is 0 Å². The molecule has 1 amide bonds. The van der Waals surface area contributed by atoms with Crippen molar-refractivity contribution in [2.75, 3.05) is 13.1 Å². The molecule has 1 unspecified atom stereocenters. The summed E-state index contributed by atoms with van der Waals surface area (Å²) in [6.45, 7) is 5.57. The number of ether oxygens (including phenoxy) is 1. The van der Waals surface area contributed by atoms with Crippen LogP contribution in [0.4, 0.5) is 0 Å². The number of hydrogen-bond donors (Lipinski definition) is 1. The van der Waals surface area contributed by atoms with E-state index in [1.165, 1.54) is 6.42 Å². The van der Waals surface area contributed by atoms with Crippen LogP contribution in [0.15, 0.2) is 35.1 Å². The van der Waals surface area contributed by atoms with E-state index in [0.29, 0.717) is 11.3 Å². The fourth-order valence-electron chi connectivity index (χ4n) is 3.54. The van der Waals surface area contributed by atoms with Crippen LogP contribution in [0, 0.1) is 0 Å². The summed E-state index contributed by atoms with van der Waals surface area (Å²) in [6, 6.07) is 0. The fraction of sp³-hybridized carbons (Fsp3) is 0.556. The molecule has 23 heavy (non-hydrogen) atoms. The molecule has 0 aromatic rings. The van der Waals surface area contributed by atoms with Gasteiger partial charge in [0.25, 0.3) is 0 Å². The third-order valence-electron chi connectivity index (χ3n) is 4.81. The number of allylic oxidation sites excluding steroid dienone is 2. The Morgan fingerprint density at radius 3 is 2.78 bits per heavy atom. The van der Waals surface area contributed by atoms with E-state index in [0.717, 1.165) is 44.3 Å². The van der Waals surface area contributed by atoms with E-state index < -0.39 is 0 Å². The van der Waals surface area contributed by atoms with Gasteiger partial charge in [-0.25, -0.2) is 4.79 Å². The highest BCUT2D eigenvalue weighted by molar-refractivity contribution is 5.96. The summed E-state index contributed by atoms with van der Waals surface area (Å²) in [5.41, 5.74) is 1.20. The summed E-state index contributed by atoms with van der Waals surface area (Å²) in [4.78, 5) is 25.6. The Morgan fingerprint density at radius 1 is 1.30 bits per heavy atom. The highest BCUT2D eigenvalue weighted by Crippen LogP contribution is 2.32. The maximum atomic E-state index is 11.9. The lowest BCUT2D eigenvalue weighted by atomic mass is 9.95. The number of cyclic esters (lactones) is 1. The van der Waals surface area contributed by atoms with Gasteiger partial charge in [-0.15, -0.1) is 0 Å². The lowest BCUT2D eigenvalue weighted by Gasteiger charge is -2.43. The molecular weight excluding hydrogens is 292 g/mol. The zero-order chi connectivity index (χ0) is 16.4. The maximum Gasteiger partial charge on any atom is 0.339 e. The van der Waals surface area contributed by atoms with Gasteiger partial charge in [0, 0.05) is 24.2 Å². The predicted molar refractivity (Wildman–Crippen MR) is 87.2 cm³/mol. The minimum atomic E-state index is -0.275. The zero-order valence-corrected chi connectivity index (χ0v) is 13.9. The van der Waals surface area contributed by atoms with Gasteiger partial charge in [-0.3, -0.25) is 9.69 Å². The predicted octanol–water partition coefficient (Wildman–Crippen LogP) is 2.41. The number of carbonyl (C=O) groups excluding carboxylic acids is 2. The fourth-order valence-corrected chi connectivity index (χ4v) is 3.54. The van der Waals surface area contributed by atoms with E-state index in [2.05, 4.69) is 16.3 Å². The third-order valence-corrected chi connectivity index (χ3v) is 4.81. The normalized spacial score (nSPS) is 29.7. The molecule has 1 atom stereocenters. The molecule has 3 heterocycles. The second-order valence-electron chi connectivity index (χ2n) is 6.62. The van der Waals surface area contributed by atoms with Crippen LogP contribution in [0.1, 0.15) is 46.0 Å². The van der Waals surface area contributed by atoms with E-state index >= 15 is 0 Å². The van der Waals surface area contributed by atoms with Gasteiger partial charge in [0.05, 0.1) is 0 Å². The smallest absolute Gasteiger partial charge is 0.339 e. The summed E-state index contributed by atoms with van der Waals surface area (Å²) in [5.74, 6) is 0.462. The van der Waals surface area contributed by atoms with Crippen molar-refractivity contribution in [1.82, 2.24) is 10.2 Å². The molecule has 0 aromatic heterocycles. The number of nitrogens with zero attached hydrogens (tertiary/aromatic N) is 1. The van der Waals surface area contributed by atoms with Crippen molar-refractivity contribution in [3.05, 3.63) is 35.1 Å². The van der Waals surface area contributed by atoms with Crippen molar-refractivity contribution in [2.24, 2.45) is 0 Å². The largest absolute Gasteiger partial charge is 0.424 e. The lowest BCUT2D eigenvalue weighted by molar-refractivity contribution is -0.133. The zero-order valence-electron chi connectivity index (χ0n) is 13.9. The first kappa shape index (κ1) is 16.0. The molecule has 1 fully saturated rings. The lowest BCUT2D eigenvalue weighted by Crippen LogP contribution is -2.58. The molecule has 1 spiro atoms. The number of nitrogens with one attached hydrogen (secondary N) is 1. The van der Waals surface area contributed by atoms with Crippen molar-refractivity contribution in [2.45, 2.75) is 51.6 Å². The van der Waals surface area contributed by atoms with Crippen molar-refractivity contribution < 1.29 is 14.3 Å². The molecule has 124 valence electrons. The van der Waals surface area contributed by atoms with Crippen LogP contribution in [0.3, 0.4) is 0 Å². The van der Waals surface area contributed by atoms with Gasteiger partial charge in [0.15, 0.2) is 0 Å². The SMILES string of the molecule is CC1=CC2(CCCCN2CCC/C=C2\C=C(C)C(=O)O2)NC1=O. The van der Waals surface area contributed by atoms with Gasteiger partial charge >= 0.3 is 5.97 Å². The van der Waals surface area contributed by atoms with Gasteiger partial charge in [0.2, 0.25) is 5.91 Å². The highest BCUT2D eigenvalue weighted by Gasteiger charge is 2.42. The van der Waals surface area contributed by atoms with Crippen molar-refractivity contribution in [3.8, 4) is 0 Å². The number of hydrogen-bond acceptors (Lipinski definition) is 4. The van der Waals surface area contributed by atoms with Crippen LogP contribution in [0.5, 0.6) is 0 Å². The van der Waals surface area contributed by atoms with Crippen LogP contribution < -0.4 is 5.32 Å². The Bertz CT molecular complexity index is 618. The van der Waals surface area contributed by atoms with E-state index in [1.807, 2.05) is 13.0 Å². The van der Waals surface area contributed by atoms with Gasteiger partial charge in [-0.2, -0.15) is 0 Å². The number of amides is 1. The Morgan fingerprint density at radius 2 is 2.13 bits per heavy atom. The first-order chi connectivity index (χ1) is 11.0. The van der Waals surface area contributed by atoms with Crippen LogP contribution in [0.2, 0.25) is 0 Å². The molecule has 0 saturated carbocycles. The molecule has 0 bridgehead atoms. The molecule has 1 N–H and O–H groups in total. The Kier molecular flexibility index (Phi) is 4.39. The molecule has 5 heteroatoms. The van der Waals surface area contributed by atoms with Gasteiger partial charge in [-0.05, 0) is 64.2 Å². The molecule has 0 aromatic carbocycles. The quantitative estimate of drug-likeness (QED) is 0.639. The number of esters is 1. The number of piperidine rings is 1. The van der Waals surface area contributed by atoms with Gasteiger partial charge < -0.3 is 10.1 Å². The average Bonchev–Trinajstić information content (AvgIpc) is 2.97. The highest BCUT2D eigenvalue weighted by atomic mass is 16.5. The molecular formula is C18H24N2O3. The molecule has 5 nitrogen and oxygen atoms in total. The molecule has 1 saturated heterocycles. The second kappa shape index (κ2) is 6.32. The first-order valence-corrected chi connectivity index (χ1v) is 8.38. The van der Waals surface area contributed by atoms with Crippen LogP contribution in [-0.2, 0) is 14.3 Å². The Labute approximate surface area is 137 Å². The molecule has 3 aliphatic rings. The summed E-state index contributed by atoms with van der Waals surface area (Å²) < 4.78 is 5.14. The molecule has 0 aliphatic carbocycles. The monoisotopic (exact) mass is 316 g/mol. The second-order valence-corrected chi connectivity index (χ2v) is 6.62. The molecule has 0 radical (unpaired) electrons. The summed E-state index contributed by atoms with van der Waals surface area (Å²) >= 11 is 0. The average molecular weight is 316 g/mol. The third kappa shape index (κ3) is 3.24. The van der Waals surface area contributed by atoms with E-state index in [-0.39, 0.29) is 17.5 Å². The maximum absolute atomic E-state index is 11.9. The Balaban J connectivity index is 1.56. The molecule has 3 rings (SSSR count). The van der Waals surface area contributed by atoms with Crippen LogP contribution >= 0.6 is 0 Å². The molecule has 3 aliphatic heterocycles. The number of unbranched alkanes of at least 4 members (excludes halogenated alkanes) is 1. The Hall–Kier alpha value is -1.88. The minimum absolute atomic E-state index is 0.0532. The summed E-state index contributed by atoms with van der Waals surface area (Å²) in [6.07, 6.45) is 11.0. The minimum Gasteiger partial charge on any atom is -0.424 e. The van der Waals surface area contributed by atoms with E-state index in [4.69, 9.17) is 4.74 Å². The number of likely N-dealkylation sites (tertiary alicyclic amines) is 1.